The first-order valence-electron chi connectivity index (χ1n) is 5.97. The molecule has 84 valence electrons. The molecule has 0 amide bonds. The molecule has 2 atom stereocenters. The molecule has 0 radical (unpaired) electrons. The molecule has 1 aromatic heterocycles. The fourth-order valence-electron chi connectivity index (χ4n) is 2.68. The molecule has 3 nitrogen and oxygen atoms in total. The summed E-state index contributed by atoms with van der Waals surface area (Å²) >= 11 is 0. The van der Waals surface area contributed by atoms with Crippen molar-refractivity contribution < 1.29 is 0 Å². The summed E-state index contributed by atoms with van der Waals surface area (Å²) in [5.41, 5.74) is 1.40. The van der Waals surface area contributed by atoms with E-state index in [1.807, 2.05) is 17.9 Å². The first-order chi connectivity index (χ1) is 7.31. The van der Waals surface area contributed by atoms with Gasteiger partial charge >= 0.3 is 0 Å². The van der Waals surface area contributed by atoms with Crippen molar-refractivity contribution in [3.05, 3.63) is 18.0 Å². The monoisotopic (exact) mass is 207 g/mol. The van der Waals surface area contributed by atoms with Crippen molar-refractivity contribution >= 4 is 0 Å². The van der Waals surface area contributed by atoms with Gasteiger partial charge in [-0.1, -0.05) is 19.3 Å². The second kappa shape index (κ2) is 4.79. The molecule has 1 aliphatic carbocycles. The summed E-state index contributed by atoms with van der Waals surface area (Å²) in [6, 6.07) is 0.636. The van der Waals surface area contributed by atoms with E-state index in [0.29, 0.717) is 12.0 Å². The van der Waals surface area contributed by atoms with Crippen LogP contribution in [0.3, 0.4) is 0 Å². The molecular formula is C12H21N3. The van der Waals surface area contributed by atoms with Crippen molar-refractivity contribution in [1.82, 2.24) is 15.1 Å². The van der Waals surface area contributed by atoms with Crippen LogP contribution in [-0.4, -0.2) is 22.9 Å². The van der Waals surface area contributed by atoms with Crippen LogP contribution in [0.15, 0.2) is 12.4 Å². The molecule has 2 unspecified atom stereocenters. The Morgan fingerprint density at radius 3 is 2.80 bits per heavy atom. The van der Waals surface area contributed by atoms with Crippen LogP contribution < -0.4 is 5.32 Å². The summed E-state index contributed by atoms with van der Waals surface area (Å²) in [7, 11) is 4.08. The zero-order valence-electron chi connectivity index (χ0n) is 9.74. The van der Waals surface area contributed by atoms with E-state index in [9.17, 15) is 0 Å². The third-order valence-corrected chi connectivity index (χ3v) is 3.54. The highest BCUT2D eigenvalue weighted by molar-refractivity contribution is 5.14. The fraction of sp³-hybridized carbons (Fsp3) is 0.750. The Balaban J connectivity index is 2.16. The van der Waals surface area contributed by atoms with Gasteiger partial charge in [0.25, 0.3) is 0 Å². The van der Waals surface area contributed by atoms with Crippen molar-refractivity contribution in [2.45, 2.75) is 44.1 Å². The van der Waals surface area contributed by atoms with Gasteiger partial charge < -0.3 is 5.32 Å². The lowest BCUT2D eigenvalue weighted by Gasteiger charge is -2.23. The second-order valence-corrected chi connectivity index (χ2v) is 4.59. The summed E-state index contributed by atoms with van der Waals surface area (Å²) in [6.45, 7) is 0. The zero-order chi connectivity index (χ0) is 10.7. The van der Waals surface area contributed by atoms with Gasteiger partial charge in [0.2, 0.25) is 0 Å². The van der Waals surface area contributed by atoms with Crippen LogP contribution in [0.25, 0.3) is 0 Å². The molecule has 3 heteroatoms. The standard InChI is InChI=1S/C12H21N3/c1-13-12-7-5-3-4-6-11(12)10-8-14-15(2)9-10/h8-9,11-13H,3-7H2,1-2H3. The van der Waals surface area contributed by atoms with Gasteiger partial charge in [-0.3, -0.25) is 4.68 Å². The third-order valence-electron chi connectivity index (χ3n) is 3.54. The summed E-state index contributed by atoms with van der Waals surface area (Å²) in [5.74, 6) is 0.659. The van der Waals surface area contributed by atoms with E-state index in [1.165, 1.54) is 37.7 Å². The quantitative estimate of drug-likeness (QED) is 0.752. The number of rotatable bonds is 2. The van der Waals surface area contributed by atoms with Crippen LogP contribution in [0.4, 0.5) is 0 Å². The van der Waals surface area contributed by atoms with E-state index in [0.717, 1.165) is 0 Å². The molecule has 1 saturated carbocycles. The number of aryl methyl sites for hydroxylation is 1. The lowest BCUT2D eigenvalue weighted by molar-refractivity contribution is 0.439. The highest BCUT2D eigenvalue weighted by atomic mass is 15.2. The average molecular weight is 207 g/mol. The maximum atomic E-state index is 4.28. The van der Waals surface area contributed by atoms with Gasteiger partial charge in [-0.05, 0) is 25.5 Å². The van der Waals surface area contributed by atoms with E-state index in [4.69, 9.17) is 0 Å². The van der Waals surface area contributed by atoms with E-state index in [2.05, 4.69) is 23.7 Å². The van der Waals surface area contributed by atoms with E-state index in [-0.39, 0.29) is 0 Å². The fourth-order valence-corrected chi connectivity index (χ4v) is 2.68. The van der Waals surface area contributed by atoms with Crippen molar-refractivity contribution in [2.24, 2.45) is 7.05 Å². The largest absolute Gasteiger partial charge is 0.316 e. The van der Waals surface area contributed by atoms with Crippen LogP contribution in [0, 0.1) is 0 Å². The molecule has 0 bridgehead atoms. The number of aromatic nitrogens is 2. The van der Waals surface area contributed by atoms with E-state index < -0.39 is 0 Å². The predicted octanol–water partition coefficient (Wildman–Crippen LogP) is 2.06. The molecule has 1 aromatic rings. The topological polar surface area (TPSA) is 29.9 Å². The molecule has 15 heavy (non-hydrogen) atoms. The molecule has 0 aromatic carbocycles. The van der Waals surface area contributed by atoms with Gasteiger partial charge in [0.15, 0.2) is 0 Å². The number of hydrogen-bond donors (Lipinski definition) is 1. The van der Waals surface area contributed by atoms with Crippen molar-refractivity contribution in [3.63, 3.8) is 0 Å². The van der Waals surface area contributed by atoms with Crippen LogP contribution in [-0.2, 0) is 7.05 Å². The summed E-state index contributed by atoms with van der Waals surface area (Å²) < 4.78 is 1.91. The number of nitrogens with one attached hydrogen (secondary N) is 1. The second-order valence-electron chi connectivity index (χ2n) is 4.59. The molecular weight excluding hydrogens is 186 g/mol. The number of nitrogens with zero attached hydrogens (tertiary/aromatic N) is 2. The molecule has 1 heterocycles. The zero-order valence-corrected chi connectivity index (χ0v) is 9.74. The van der Waals surface area contributed by atoms with Crippen LogP contribution in [0.2, 0.25) is 0 Å². The van der Waals surface area contributed by atoms with Gasteiger partial charge in [0, 0.05) is 25.2 Å². The van der Waals surface area contributed by atoms with E-state index in [1.54, 1.807) is 0 Å². The Hall–Kier alpha value is -0.830. The van der Waals surface area contributed by atoms with Crippen LogP contribution >= 0.6 is 0 Å². The molecule has 1 fully saturated rings. The molecule has 0 saturated heterocycles. The van der Waals surface area contributed by atoms with Gasteiger partial charge in [0.05, 0.1) is 6.20 Å². The Morgan fingerprint density at radius 2 is 2.13 bits per heavy atom. The summed E-state index contributed by atoms with van der Waals surface area (Å²) in [6.07, 6.45) is 10.9. The van der Waals surface area contributed by atoms with Crippen LogP contribution in [0.5, 0.6) is 0 Å². The molecule has 1 N–H and O–H groups in total. The minimum Gasteiger partial charge on any atom is -0.316 e. The first-order valence-corrected chi connectivity index (χ1v) is 5.97. The van der Waals surface area contributed by atoms with Gasteiger partial charge in [-0.15, -0.1) is 0 Å². The van der Waals surface area contributed by atoms with E-state index >= 15 is 0 Å². The van der Waals surface area contributed by atoms with Crippen molar-refractivity contribution in [3.8, 4) is 0 Å². The Morgan fingerprint density at radius 1 is 1.33 bits per heavy atom. The molecule has 0 aliphatic heterocycles. The maximum Gasteiger partial charge on any atom is 0.0525 e. The van der Waals surface area contributed by atoms with Crippen molar-refractivity contribution in [2.75, 3.05) is 7.05 Å². The predicted molar refractivity (Wildman–Crippen MR) is 61.9 cm³/mol. The number of hydrogen-bond acceptors (Lipinski definition) is 2. The Labute approximate surface area is 91.9 Å². The first kappa shape index (κ1) is 10.7. The van der Waals surface area contributed by atoms with Gasteiger partial charge in [-0.25, -0.2) is 0 Å². The highest BCUT2D eigenvalue weighted by Crippen LogP contribution is 2.31. The lowest BCUT2D eigenvalue weighted by Crippen LogP contribution is -2.31. The van der Waals surface area contributed by atoms with Crippen LogP contribution in [0.1, 0.15) is 43.6 Å². The minimum absolute atomic E-state index is 0.636. The normalized spacial score (nSPS) is 27.6. The lowest BCUT2D eigenvalue weighted by atomic mass is 9.90. The molecule has 2 rings (SSSR count). The van der Waals surface area contributed by atoms with Crippen molar-refractivity contribution in [1.29, 1.82) is 0 Å². The molecule has 1 aliphatic rings. The minimum atomic E-state index is 0.636. The van der Waals surface area contributed by atoms with Gasteiger partial charge in [-0.2, -0.15) is 5.10 Å². The maximum absolute atomic E-state index is 4.28. The average Bonchev–Trinajstić information content (AvgIpc) is 2.54. The summed E-state index contributed by atoms with van der Waals surface area (Å²) in [4.78, 5) is 0. The Bertz CT molecular complexity index is 306. The third kappa shape index (κ3) is 2.40. The summed E-state index contributed by atoms with van der Waals surface area (Å²) in [5, 5.41) is 7.74. The highest BCUT2D eigenvalue weighted by Gasteiger charge is 2.24. The molecule has 0 spiro atoms. The SMILES string of the molecule is CNC1CCCCCC1c1cnn(C)c1. The Kier molecular flexibility index (Phi) is 3.41. The van der Waals surface area contributed by atoms with Gasteiger partial charge in [0.1, 0.15) is 0 Å². The smallest absolute Gasteiger partial charge is 0.0525 e. The number of likely N-dealkylation sites (N-methyl/N-ethyl adjacent to an activating group) is 1.